The second-order valence-corrected chi connectivity index (χ2v) is 15.5. The van der Waals surface area contributed by atoms with Crippen molar-refractivity contribution < 1.29 is 28.6 Å². The van der Waals surface area contributed by atoms with Crippen LogP contribution in [-0.2, 0) is 28.6 Å². The van der Waals surface area contributed by atoms with E-state index in [4.69, 9.17) is 14.2 Å². The van der Waals surface area contributed by atoms with E-state index in [2.05, 4.69) is 27.7 Å². The first-order valence-corrected chi connectivity index (χ1v) is 21.9. The van der Waals surface area contributed by atoms with Crippen molar-refractivity contribution in [2.45, 2.75) is 246 Å². The molecular formula is C44H84O6. The molecule has 296 valence electrons. The molecule has 0 radical (unpaired) electrons. The fourth-order valence-corrected chi connectivity index (χ4v) is 6.45. The van der Waals surface area contributed by atoms with Gasteiger partial charge in [0.15, 0.2) is 6.10 Å². The van der Waals surface area contributed by atoms with E-state index in [0.717, 1.165) is 70.1 Å². The minimum Gasteiger partial charge on any atom is -0.462 e. The van der Waals surface area contributed by atoms with E-state index in [1.165, 1.54) is 128 Å². The van der Waals surface area contributed by atoms with Crippen LogP contribution < -0.4 is 0 Å². The number of carbonyl (C=O) groups excluding carboxylic acids is 3. The highest BCUT2D eigenvalue weighted by Crippen LogP contribution is 2.16. The van der Waals surface area contributed by atoms with Gasteiger partial charge in [-0.3, -0.25) is 14.4 Å². The summed E-state index contributed by atoms with van der Waals surface area (Å²) in [7, 11) is 0. The standard InChI is InChI=1S/C44H84O6/c1-5-7-9-11-12-13-14-15-18-21-24-28-32-36-43(46)49-39-41(38-48-42(45)35-31-26-10-8-6-2)50-44(47)37-33-29-25-22-19-16-17-20-23-27-30-34-40(3)4/h40-41H,5-39H2,1-4H3/t41-/m0/s1. The number of unbranched alkanes of at least 4 members (excludes halogenated alkanes) is 26. The Kier molecular flexibility index (Phi) is 37.4. The molecule has 0 amide bonds. The van der Waals surface area contributed by atoms with Crippen LogP contribution in [0, 0.1) is 5.92 Å². The van der Waals surface area contributed by atoms with E-state index in [1.54, 1.807) is 0 Å². The van der Waals surface area contributed by atoms with E-state index < -0.39 is 6.10 Å². The zero-order valence-electron chi connectivity index (χ0n) is 33.9. The maximum absolute atomic E-state index is 12.6. The summed E-state index contributed by atoms with van der Waals surface area (Å²) in [5.41, 5.74) is 0. The molecule has 0 aromatic heterocycles. The topological polar surface area (TPSA) is 78.9 Å². The van der Waals surface area contributed by atoms with E-state index in [-0.39, 0.29) is 31.1 Å². The quantitative estimate of drug-likeness (QED) is 0.0359. The summed E-state index contributed by atoms with van der Waals surface area (Å²) in [5, 5.41) is 0. The molecule has 0 spiro atoms. The molecule has 0 saturated heterocycles. The van der Waals surface area contributed by atoms with Gasteiger partial charge in [-0.05, 0) is 25.2 Å². The van der Waals surface area contributed by atoms with Crippen molar-refractivity contribution in [2.24, 2.45) is 5.92 Å². The van der Waals surface area contributed by atoms with Crippen LogP contribution in [0.3, 0.4) is 0 Å². The summed E-state index contributed by atoms with van der Waals surface area (Å²) in [5.74, 6) is -0.0454. The first kappa shape index (κ1) is 48.4. The lowest BCUT2D eigenvalue weighted by molar-refractivity contribution is -0.167. The van der Waals surface area contributed by atoms with Crippen LogP contribution in [0.15, 0.2) is 0 Å². The van der Waals surface area contributed by atoms with Gasteiger partial charge in [0.25, 0.3) is 0 Å². The molecule has 0 fully saturated rings. The summed E-state index contributed by atoms with van der Waals surface area (Å²) < 4.78 is 16.6. The van der Waals surface area contributed by atoms with Crippen molar-refractivity contribution in [2.75, 3.05) is 13.2 Å². The second-order valence-electron chi connectivity index (χ2n) is 15.5. The number of hydrogen-bond donors (Lipinski definition) is 0. The fourth-order valence-electron chi connectivity index (χ4n) is 6.45. The Hall–Kier alpha value is -1.59. The average Bonchev–Trinajstić information content (AvgIpc) is 3.09. The van der Waals surface area contributed by atoms with Crippen molar-refractivity contribution in [1.29, 1.82) is 0 Å². The second kappa shape index (κ2) is 38.6. The lowest BCUT2D eigenvalue weighted by atomic mass is 10.0. The minimum absolute atomic E-state index is 0.0650. The minimum atomic E-state index is -0.757. The molecule has 0 N–H and O–H groups in total. The zero-order valence-corrected chi connectivity index (χ0v) is 33.9. The van der Waals surface area contributed by atoms with Gasteiger partial charge in [-0.2, -0.15) is 0 Å². The van der Waals surface area contributed by atoms with Gasteiger partial charge in [0, 0.05) is 19.3 Å². The van der Waals surface area contributed by atoms with Gasteiger partial charge in [0.1, 0.15) is 13.2 Å². The Morgan fingerprint density at radius 3 is 0.980 bits per heavy atom. The molecular weight excluding hydrogens is 624 g/mol. The fraction of sp³-hybridized carbons (Fsp3) is 0.932. The highest BCUT2D eigenvalue weighted by molar-refractivity contribution is 5.71. The smallest absolute Gasteiger partial charge is 0.306 e. The van der Waals surface area contributed by atoms with E-state index in [0.29, 0.717) is 19.3 Å². The van der Waals surface area contributed by atoms with Gasteiger partial charge in [-0.25, -0.2) is 0 Å². The van der Waals surface area contributed by atoms with Gasteiger partial charge in [-0.15, -0.1) is 0 Å². The average molecular weight is 709 g/mol. The summed E-state index contributed by atoms with van der Waals surface area (Å²) in [6.45, 7) is 8.90. The Labute approximate surface area is 310 Å². The number of carbonyl (C=O) groups is 3. The van der Waals surface area contributed by atoms with Gasteiger partial charge in [-0.1, -0.05) is 201 Å². The third-order valence-corrected chi connectivity index (χ3v) is 9.79. The van der Waals surface area contributed by atoms with Crippen molar-refractivity contribution in [3.05, 3.63) is 0 Å². The highest BCUT2D eigenvalue weighted by atomic mass is 16.6. The van der Waals surface area contributed by atoms with Gasteiger partial charge >= 0.3 is 17.9 Å². The first-order valence-electron chi connectivity index (χ1n) is 21.9. The molecule has 0 heterocycles. The van der Waals surface area contributed by atoms with E-state index in [1.807, 2.05) is 0 Å². The number of ether oxygens (including phenoxy) is 3. The van der Waals surface area contributed by atoms with Crippen LogP contribution in [0.1, 0.15) is 240 Å². The number of esters is 3. The Morgan fingerprint density at radius 1 is 0.380 bits per heavy atom. The SMILES string of the molecule is CCCCCCCCCCCCCCCC(=O)OC[C@H](COC(=O)CCCCCCC)OC(=O)CCCCCCCCCCCCCC(C)C. The first-order chi connectivity index (χ1) is 24.4. The summed E-state index contributed by atoms with van der Waals surface area (Å²) in [6.07, 6.45) is 36.8. The van der Waals surface area contributed by atoms with Crippen LogP contribution in [0.2, 0.25) is 0 Å². The monoisotopic (exact) mass is 709 g/mol. The van der Waals surface area contributed by atoms with Crippen molar-refractivity contribution in [3.8, 4) is 0 Å². The molecule has 0 saturated carbocycles. The van der Waals surface area contributed by atoms with Gasteiger partial charge in [0.05, 0.1) is 0 Å². The summed E-state index contributed by atoms with van der Waals surface area (Å²) in [4.78, 5) is 37.4. The van der Waals surface area contributed by atoms with Gasteiger partial charge < -0.3 is 14.2 Å². The molecule has 0 aromatic carbocycles. The van der Waals surface area contributed by atoms with Gasteiger partial charge in [0.2, 0.25) is 0 Å². The molecule has 0 aliphatic heterocycles. The predicted molar refractivity (Wildman–Crippen MR) is 210 cm³/mol. The molecule has 0 aliphatic carbocycles. The normalized spacial score (nSPS) is 11.9. The molecule has 1 atom stereocenters. The van der Waals surface area contributed by atoms with Crippen LogP contribution in [0.25, 0.3) is 0 Å². The van der Waals surface area contributed by atoms with E-state index >= 15 is 0 Å². The highest BCUT2D eigenvalue weighted by Gasteiger charge is 2.19. The Morgan fingerprint density at radius 2 is 0.660 bits per heavy atom. The van der Waals surface area contributed by atoms with Crippen LogP contribution in [-0.4, -0.2) is 37.2 Å². The lowest BCUT2D eigenvalue weighted by Gasteiger charge is -2.18. The number of hydrogen-bond acceptors (Lipinski definition) is 6. The maximum Gasteiger partial charge on any atom is 0.306 e. The van der Waals surface area contributed by atoms with Crippen molar-refractivity contribution in [1.82, 2.24) is 0 Å². The van der Waals surface area contributed by atoms with E-state index in [9.17, 15) is 14.4 Å². The predicted octanol–water partition coefficient (Wildman–Crippen LogP) is 13.6. The molecule has 0 aromatic rings. The molecule has 0 bridgehead atoms. The molecule has 0 rings (SSSR count). The zero-order chi connectivity index (χ0) is 36.8. The molecule has 0 aliphatic rings. The lowest BCUT2D eigenvalue weighted by Crippen LogP contribution is -2.30. The summed E-state index contributed by atoms with van der Waals surface area (Å²) in [6, 6.07) is 0. The van der Waals surface area contributed by atoms with Crippen molar-refractivity contribution in [3.63, 3.8) is 0 Å². The van der Waals surface area contributed by atoms with Crippen molar-refractivity contribution >= 4 is 17.9 Å². The van der Waals surface area contributed by atoms with Crippen LogP contribution in [0.5, 0.6) is 0 Å². The van der Waals surface area contributed by atoms with Crippen LogP contribution in [0.4, 0.5) is 0 Å². The molecule has 50 heavy (non-hydrogen) atoms. The molecule has 0 unspecified atom stereocenters. The summed E-state index contributed by atoms with van der Waals surface area (Å²) >= 11 is 0. The molecule has 6 heteroatoms. The Balaban J connectivity index is 4.21. The number of rotatable bonds is 39. The largest absolute Gasteiger partial charge is 0.462 e. The third-order valence-electron chi connectivity index (χ3n) is 9.79. The maximum atomic E-state index is 12.6. The third kappa shape index (κ3) is 37.7. The Bertz CT molecular complexity index is 751. The van der Waals surface area contributed by atoms with Crippen LogP contribution >= 0.6 is 0 Å². The molecule has 6 nitrogen and oxygen atoms in total.